The number of benzene rings is 2. The molecule has 7 heteroatoms. The van der Waals surface area contributed by atoms with Crippen molar-refractivity contribution >= 4 is 11.9 Å². The van der Waals surface area contributed by atoms with E-state index >= 15 is 0 Å². The highest BCUT2D eigenvalue weighted by molar-refractivity contribution is 5.81. The van der Waals surface area contributed by atoms with E-state index in [9.17, 15) is 14.7 Å². The molecule has 0 aliphatic carbocycles. The number of amides is 1. The number of rotatable bonds is 7. The molecule has 0 bridgehead atoms. The van der Waals surface area contributed by atoms with Crippen molar-refractivity contribution < 1.29 is 28.9 Å². The van der Waals surface area contributed by atoms with Crippen LogP contribution in [-0.2, 0) is 16.0 Å². The lowest BCUT2D eigenvalue weighted by Crippen LogP contribution is -2.40. The number of methoxy groups -OCH3 is 2. The third-order valence-electron chi connectivity index (χ3n) is 4.76. The number of fused-ring (bicyclic) bond motifs is 1. The second-order valence-corrected chi connectivity index (χ2v) is 6.59. The van der Waals surface area contributed by atoms with Crippen molar-refractivity contribution in [2.45, 2.75) is 18.9 Å². The summed E-state index contributed by atoms with van der Waals surface area (Å²) in [6, 6.07) is 11.9. The zero-order valence-electron chi connectivity index (χ0n) is 15.8. The summed E-state index contributed by atoms with van der Waals surface area (Å²) in [7, 11) is 3.02. The quantitative estimate of drug-likeness (QED) is 0.761. The lowest BCUT2D eigenvalue weighted by molar-refractivity contribution is -0.138. The van der Waals surface area contributed by atoms with E-state index in [1.165, 1.54) is 14.2 Å². The number of hydrogen-bond donors (Lipinski definition) is 2. The highest BCUT2D eigenvalue weighted by atomic mass is 16.5. The first-order valence-electron chi connectivity index (χ1n) is 8.96. The molecule has 7 nitrogen and oxygen atoms in total. The Morgan fingerprint density at radius 2 is 2.00 bits per heavy atom. The number of aliphatic carboxylic acids is 1. The largest absolute Gasteiger partial charge is 0.497 e. The molecule has 2 N–H and O–H groups in total. The molecule has 0 spiro atoms. The van der Waals surface area contributed by atoms with E-state index in [0.717, 1.165) is 11.3 Å². The summed E-state index contributed by atoms with van der Waals surface area (Å²) in [5.41, 5.74) is 1.54. The highest BCUT2D eigenvalue weighted by Gasteiger charge is 2.29. The average molecular weight is 385 g/mol. The van der Waals surface area contributed by atoms with Crippen LogP contribution in [0.3, 0.4) is 0 Å². The topological polar surface area (TPSA) is 94.1 Å². The molecular formula is C21H23NO6. The molecule has 2 atom stereocenters. The predicted octanol–water partition coefficient (Wildman–Crippen LogP) is 2.59. The third-order valence-corrected chi connectivity index (χ3v) is 4.76. The Bertz CT molecular complexity index is 866. The van der Waals surface area contributed by atoms with E-state index in [4.69, 9.17) is 14.2 Å². The van der Waals surface area contributed by atoms with Crippen LogP contribution in [0.15, 0.2) is 42.5 Å². The zero-order chi connectivity index (χ0) is 20.1. The van der Waals surface area contributed by atoms with Gasteiger partial charge in [-0.05, 0) is 30.2 Å². The van der Waals surface area contributed by atoms with Crippen molar-refractivity contribution in [2.75, 3.05) is 20.8 Å². The summed E-state index contributed by atoms with van der Waals surface area (Å²) in [4.78, 5) is 24.2. The third kappa shape index (κ3) is 4.36. The molecule has 1 aliphatic rings. The van der Waals surface area contributed by atoms with Crippen LogP contribution in [-0.4, -0.2) is 37.8 Å². The van der Waals surface area contributed by atoms with Gasteiger partial charge in [-0.1, -0.05) is 18.2 Å². The maximum Gasteiger partial charge on any atom is 0.305 e. The summed E-state index contributed by atoms with van der Waals surface area (Å²) < 4.78 is 16.2. The molecular weight excluding hydrogens is 362 g/mol. The van der Waals surface area contributed by atoms with Gasteiger partial charge in [-0.2, -0.15) is 0 Å². The molecule has 1 aliphatic heterocycles. The number of nitrogens with one attached hydrogen (secondary N) is 1. The predicted molar refractivity (Wildman–Crippen MR) is 102 cm³/mol. The molecule has 2 aromatic carbocycles. The first-order chi connectivity index (χ1) is 13.5. The van der Waals surface area contributed by atoms with Crippen molar-refractivity contribution in [3.05, 3.63) is 53.6 Å². The lowest BCUT2D eigenvalue weighted by atomic mass is 9.94. The van der Waals surface area contributed by atoms with E-state index in [0.29, 0.717) is 23.5 Å². The number of carbonyl (C=O) groups excluding carboxylic acids is 1. The van der Waals surface area contributed by atoms with Crippen molar-refractivity contribution in [3.8, 4) is 17.2 Å². The van der Waals surface area contributed by atoms with Gasteiger partial charge < -0.3 is 24.6 Å². The molecule has 28 heavy (non-hydrogen) atoms. The average Bonchev–Trinajstić information content (AvgIpc) is 2.72. The van der Waals surface area contributed by atoms with Gasteiger partial charge in [0, 0.05) is 11.6 Å². The summed E-state index contributed by atoms with van der Waals surface area (Å²) in [5, 5.41) is 12.2. The zero-order valence-corrected chi connectivity index (χ0v) is 15.8. The Hall–Kier alpha value is -3.22. The van der Waals surface area contributed by atoms with E-state index in [2.05, 4.69) is 5.32 Å². The summed E-state index contributed by atoms with van der Waals surface area (Å²) in [6.07, 6.45) is 0.278. The van der Waals surface area contributed by atoms with Gasteiger partial charge >= 0.3 is 5.97 Å². The van der Waals surface area contributed by atoms with E-state index in [-0.39, 0.29) is 18.9 Å². The van der Waals surface area contributed by atoms with E-state index < -0.39 is 17.9 Å². The van der Waals surface area contributed by atoms with Gasteiger partial charge in [0.15, 0.2) is 0 Å². The number of hydrogen-bond acceptors (Lipinski definition) is 5. The number of carboxylic acids is 1. The van der Waals surface area contributed by atoms with Crippen LogP contribution < -0.4 is 19.5 Å². The van der Waals surface area contributed by atoms with Crippen LogP contribution in [0, 0.1) is 5.92 Å². The first-order valence-corrected chi connectivity index (χ1v) is 8.96. The molecule has 3 rings (SSSR count). The van der Waals surface area contributed by atoms with Crippen molar-refractivity contribution in [1.82, 2.24) is 5.32 Å². The van der Waals surface area contributed by atoms with E-state index in [1.54, 1.807) is 18.2 Å². The van der Waals surface area contributed by atoms with Gasteiger partial charge in [0.2, 0.25) is 5.91 Å². The van der Waals surface area contributed by atoms with Crippen LogP contribution in [0.4, 0.5) is 0 Å². The standard InChI is InChI=1S/C21H23NO6/c1-26-15-7-8-16(19(10-15)27-2)17(11-20(23)24)22-21(25)14-9-13-5-3-4-6-18(13)28-12-14/h3-8,10,14,17H,9,11-12H2,1-2H3,(H,22,25)(H,23,24). The number of ether oxygens (including phenoxy) is 3. The van der Waals surface area contributed by atoms with Crippen LogP contribution in [0.2, 0.25) is 0 Å². The molecule has 0 radical (unpaired) electrons. The molecule has 2 unspecified atom stereocenters. The fourth-order valence-corrected chi connectivity index (χ4v) is 3.31. The van der Waals surface area contributed by atoms with Gasteiger partial charge in [-0.15, -0.1) is 0 Å². The molecule has 0 saturated heterocycles. The fourth-order valence-electron chi connectivity index (χ4n) is 3.31. The molecule has 148 valence electrons. The second kappa shape index (κ2) is 8.65. The van der Waals surface area contributed by atoms with Crippen LogP contribution >= 0.6 is 0 Å². The number of para-hydroxylation sites is 1. The van der Waals surface area contributed by atoms with Gasteiger partial charge in [0.1, 0.15) is 23.9 Å². The Labute approximate surface area is 163 Å². The molecule has 1 heterocycles. The Balaban J connectivity index is 1.80. The lowest BCUT2D eigenvalue weighted by Gasteiger charge is -2.27. The Kier molecular flexibility index (Phi) is 6.03. The second-order valence-electron chi connectivity index (χ2n) is 6.59. The molecule has 0 aromatic heterocycles. The van der Waals surface area contributed by atoms with Crippen LogP contribution in [0.25, 0.3) is 0 Å². The Morgan fingerprint density at radius 1 is 1.21 bits per heavy atom. The molecule has 1 amide bonds. The van der Waals surface area contributed by atoms with Crippen LogP contribution in [0.5, 0.6) is 17.2 Å². The first kappa shape index (κ1) is 19.5. The SMILES string of the molecule is COc1ccc(C(CC(=O)O)NC(=O)C2COc3ccccc3C2)c(OC)c1. The Morgan fingerprint density at radius 3 is 2.71 bits per heavy atom. The minimum atomic E-state index is -1.02. The monoisotopic (exact) mass is 385 g/mol. The fraction of sp³-hybridized carbons (Fsp3) is 0.333. The van der Waals surface area contributed by atoms with Gasteiger partial charge in [-0.3, -0.25) is 9.59 Å². The maximum absolute atomic E-state index is 12.8. The molecule has 0 fully saturated rings. The van der Waals surface area contributed by atoms with E-state index in [1.807, 2.05) is 24.3 Å². The van der Waals surface area contributed by atoms with Gasteiger partial charge in [0.25, 0.3) is 0 Å². The summed E-state index contributed by atoms with van der Waals surface area (Å²) in [5.74, 6) is 0.155. The molecule has 0 saturated carbocycles. The smallest absolute Gasteiger partial charge is 0.305 e. The normalized spacial score (nSPS) is 16.3. The van der Waals surface area contributed by atoms with Crippen molar-refractivity contribution in [3.63, 3.8) is 0 Å². The maximum atomic E-state index is 12.8. The minimum Gasteiger partial charge on any atom is -0.497 e. The summed E-state index contributed by atoms with van der Waals surface area (Å²) >= 11 is 0. The van der Waals surface area contributed by atoms with Gasteiger partial charge in [-0.25, -0.2) is 0 Å². The van der Waals surface area contributed by atoms with Crippen molar-refractivity contribution in [2.24, 2.45) is 5.92 Å². The molecule has 2 aromatic rings. The van der Waals surface area contributed by atoms with Gasteiger partial charge in [0.05, 0.1) is 32.6 Å². The minimum absolute atomic E-state index is 0.251. The van der Waals surface area contributed by atoms with Crippen molar-refractivity contribution in [1.29, 1.82) is 0 Å². The number of carbonyl (C=O) groups is 2. The summed E-state index contributed by atoms with van der Waals surface area (Å²) in [6.45, 7) is 0.252. The van der Waals surface area contributed by atoms with Crippen LogP contribution in [0.1, 0.15) is 23.6 Å². The highest BCUT2D eigenvalue weighted by Crippen LogP contribution is 2.32. The number of carboxylic acid groups (broad SMARTS) is 1.